The van der Waals surface area contributed by atoms with Gasteiger partial charge in [-0.2, -0.15) is 0 Å². The van der Waals surface area contributed by atoms with Crippen LogP contribution in [0.15, 0.2) is 60.6 Å². The average molecular weight is 472 g/mol. The molecule has 9 nitrogen and oxygen atoms in total. The minimum absolute atomic E-state index is 0.0810. The Balaban J connectivity index is 1.24. The molecule has 3 heterocycles. The van der Waals surface area contributed by atoms with Gasteiger partial charge in [0.2, 0.25) is 11.8 Å². The van der Waals surface area contributed by atoms with Crippen molar-refractivity contribution in [1.82, 2.24) is 19.8 Å². The summed E-state index contributed by atoms with van der Waals surface area (Å²) in [5, 5.41) is 6.44. The summed E-state index contributed by atoms with van der Waals surface area (Å²) >= 11 is 0. The van der Waals surface area contributed by atoms with Crippen LogP contribution >= 0.6 is 0 Å². The van der Waals surface area contributed by atoms with Crippen LogP contribution in [0.25, 0.3) is 5.70 Å². The molecule has 0 atom stereocenters. The monoisotopic (exact) mass is 471 g/mol. The van der Waals surface area contributed by atoms with Gasteiger partial charge in [-0.3, -0.25) is 4.79 Å². The SMILES string of the molecule is Cc1cnc(NCc2ccc(C(=O)N3CCN(C)CC3)cc2)nc1/C(N)=C1/Nc2ccccc2O1. The van der Waals surface area contributed by atoms with E-state index in [1.807, 2.05) is 60.4 Å². The second kappa shape index (κ2) is 9.63. The van der Waals surface area contributed by atoms with E-state index >= 15 is 0 Å². The zero-order valence-electron chi connectivity index (χ0n) is 19.9. The van der Waals surface area contributed by atoms with Crippen molar-refractivity contribution in [2.75, 3.05) is 43.9 Å². The van der Waals surface area contributed by atoms with Crippen molar-refractivity contribution in [3.8, 4) is 5.75 Å². The van der Waals surface area contributed by atoms with Gasteiger partial charge in [0.05, 0.1) is 11.4 Å². The second-order valence-electron chi connectivity index (χ2n) is 8.84. The Hall–Kier alpha value is -4.11. The fourth-order valence-corrected chi connectivity index (χ4v) is 4.08. The maximum absolute atomic E-state index is 12.8. The number of ether oxygens (including phenoxy) is 1. The molecule has 0 bridgehead atoms. The van der Waals surface area contributed by atoms with Gasteiger partial charge in [0.15, 0.2) is 5.75 Å². The third-order valence-corrected chi connectivity index (χ3v) is 6.26. The van der Waals surface area contributed by atoms with Gasteiger partial charge in [0.1, 0.15) is 5.70 Å². The number of anilines is 2. The molecule has 1 aromatic heterocycles. The molecule has 2 aromatic carbocycles. The molecule has 0 spiro atoms. The lowest BCUT2D eigenvalue weighted by Gasteiger charge is -2.32. The van der Waals surface area contributed by atoms with E-state index in [4.69, 9.17) is 10.5 Å². The highest BCUT2D eigenvalue weighted by Gasteiger charge is 2.22. The predicted molar refractivity (Wildman–Crippen MR) is 136 cm³/mol. The van der Waals surface area contributed by atoms with Gasteiger partial charge in [-0.15, -0.1) is 0 Å². The number of benzene rings is 2. The van der Waals surface area contributed by atoms with E-state index in [0.717, 1.165) is 48.7 Å². The molecule has 0 radical (unpaired) electrons. The maximum Gasteiger partial charge on any atom is 0.253 e. The van der Waals surface area contributed by atoms with Crippen LogP contribution in [0.1, 0.15) is 27.2 Å². The van der Waals surface area contributed by atoms with Gasteiger partial charge in [-0.1, -0.05) is 24.3 Å². The van der Waals surface area contributed by atoms with Crippen LogP contribution in [0.3, 0.4) is 0 Å². The summed E-state index contributed by atoms with van der Waals surface area (Å²) in [6.07, 6.45) is 1.73. The number of aromatic nitrogens is 2. The first-order chi connectivity index (χ1) is 17.0. The lowest BCUT2D eigenvalue weighted by Crippen LogP contribution is -2.47. The smallest absolute Gasteiger partial charge is 0.253 e. The Morgan fingerprint density at radius 3 is 2.60 bits per heavy atom. The van der Waals surface area contributed by atoms with Crippen molar-refractivity contribution in [3.63, 3.8) is 0 Å². The van der Waals surface area contributed by atoms with Crippen LogP contribution in [0.5, 0.6) is 5.75 Å². The van der Waals surface area contributed by atoms with Crippen LogP contribution in [0.2, 0.25) is 0 Å². The van der Waals surface area contributed by atoms with Crippen LogP contribution in [0.4, 0.5) is 11.6 Å². The van der Waals surface area contributed by atoms with Gasteiger partial charge in [0, 0.05) is 44.5 Å². The summed E-state index contributed by atoms with van der Waals surface area (Å²) in [4.78, 5) is 25.9. The second-order valence-corrected chi connectivity index (χ2v) is 8.84. The molecule has 1 saturated heterocycles. The average Bonchev–Trinajstić information content (AvgIpc) is 3.33. The van der Waals surface area contributed by atoms with Crippen LogP contribution in [-0.4, -0.2) is 58.9 Å². The van der Waals surface area contributed by atoms with Crippen LogP contribution in [0, 0.1) is 6.92 Å². The standard InChI is InChI=1S/C26H29N7O2/c1-17-15-28-26(31-23(17)22(27)24-30-20-5-3-4-6-21(20)35-24)29-16-18-7-9-19(10-8-18)25(34)33-13-11-32(2)12-14-33/h3-10,15,30H,11-14,16,27H2,1-2H3,(H,28,29,31)/b24-22+. The quantitative estimate of drug-likeness (QED) is 0.521. The van der Waals surface area contributed by atoms with Crippen molar-refractivity contribution in [3.05, 3.63) is 83.0 Å². The fraction of sp³-hybridized carbons (Fsp3) is 0.269. The number of para-hydroxylation sites is 2. The number of fused-ring (bicyclic) bond motifs is 1. The minimum atomic E-state index is 0.0810. The van der Waals surface area contributed by atoms with Crippen molar-refractivity contribution in [2.45, 2.75) is 13.5 Å². The van der Waals surface area contributed by atoms with E-state index in [0.29, 0.717) is 35.3 Å². The Morgan fingerprint density at radius 1 is 1.11 bits per heavy atom. The Labute approximate surface area is 204 Å². The Morgan fingerprint density at radius 2 is 1.86 bits per heavy atom. The zero-order valence-corrected chi connectivity index (χ0v) is 19.9. The number of nitrogens with two attached hydrogens (primary N) is 1. The molecule has 1 fully saturated rings. The molecule has 180 valence electrons. The topological polar surface area (TPSA) is 109 Å². The Bertz CT molecular complexity index is 1240. The number of hydrogen-bond acceptors (Lipinski definition) is 8. The molecule has 0 saturated carbocycles. The predicted octanol–water partition coefficient (Wildman–Crippen LogP) is 2.87. The van der Waals surface area contributed by atoms with Gasteiger partial charge >= 0.3 is 0 Å². The molecule has 35 heavy (non-hydrogen) atoms. The number of likely N-dealkylation sites (N-methyl/N-ethyl adjacent to an activating group) is 1. The lowest BCUT2D eigenvalue weighted by atomic mass is 10.1. The third kappa shape index (κ3) is 4.90. The molecule has 0 unspecified atom stereocenters. The molecule has 2 aliphatic heterocycles. The number of piperazine rings is 1. The molecule has 5 rings (SSSR count). The molecule has 1 amide bonds. The number of amides is 1. The largest absolute Gasteiger partial charge is 0.437 e. The fourth-order valence-electron chi connectivity index (χ4n) is 4.08. The summed E-state index contributed by atoms with van der Waals surface area (Å²) in [5.41, 5.74) is 10.9. The number of hydrogen-bond donors (Lipinski definition) is 3. The first-order valence-corrected chi connectivity index (χ1v) is 11.7. The van der Waals surface area contributed by atoms with E-state index in [-0.39, 0.29) is 5.91 Å². The van der Waals surface area contributed by atoms with E-state index in [1.165, 1.54) is 0 Å². The number of nitrogens with zero attached hydrogens (tertiary/aromatic N) is 4. The van der Waals surface area contributed by atoms with E-state index in [2.05, 4.69) is 32.5 Å². The lowest BCUT2D eigenvalue weighted by molar-refractivity contribution is 0.0664. The molecule has 0 aliphatic carbocycles. The van der Waals surface area contributed by atoms with Crippen LogP contribution < -0.4 is 21.1 Å². The van der Waals surface area contributed by atoms with Gasteiger partial charge in [-0.25, -0.2) is 9.97 Å². The van der Waals surface area contributed by atoms with E-state index in [9.17, 15) is 4.79 Å². The highest BCUT2D eigenvalue weighted by Crippen LogP contribution is 2.34. The van der Waals surface area contributed by atoms with E-state index in [1.54, 1.807) is 6.20 Å². The summed E-state index contributed by atoms with van der Waals surface area (Å²) < 4.78 is 5.86. The van der Waals surface area contributed by atoms with Gasteiger partial charge in [-0.05, 0) is 49.4 Å². The third-order valence-electron chi connectivity index (χ3n) is 6.26. The highest BCUT2D eigenvalue weighted by atomic mass is 16.5. The first-order valence-electron chi connectivity index (χ1n) is 11.7. The van der Waals surface area contributed by atoms with Crippen molar-refractivity contribution in [1.29, 1.82) is 0 Å². The maximum atomic E-state index is 12.8. The van der Waals surface area contributed by atoms with Crippen molar-refractivity contribution < 1.29 is 9.53 Å². The zero-order chi connectivity index (χ0) is 24.4. The molecule has 3 aromatic rings. The number of nitrogens with one attached hydrogen (secondary N) is 2. The van der Waals surface area contributed by atoms with Gasteiger partial charge < -0.3 is 30.9 Å². The molecule has 9 heteroatoms. The molecular weight excluding hydrogens is 442 g/mol. The Kier molecular flexibility index (Phi) is 6.24. The van der Waals surface area contributed by atoms with E-state index < -0.39 is 0 Å². The minimum Gasteiger partial charge on any atom is -0.437 e. The number of carbonyl (C=O) groups excluding carboxylic acids is 1. The first kappa shape index (κ1) is 22.7. The summed E-state index contributed by atoms with van der Waals surface area (Å²) in [6.45, 7) is 5.76. The summed E-state index contributed by atoms with van der Waals surface area (Å²) in [7, 11) is 2.08. The van der Waals surface area contributed by atoms with Crippen molar-refractivity contribution in [2.24, 2.45) is 5.73 Å². The number of carbonyl (C=O) groups is 1. The summed E-state index contributed by atoms with van der Waals surface area (Å²) in [5.74, 6) is 1.73. The normalized spacial score (nSPS) is 16.8. The molecule has 2 aliphatic rings. The molecule has 4 N–H and O–H groups in total. The number of rotatable bonds is 5. The van der Waals surface area contributed by atoms with Gasteiger partial charge in [0.25, 0.3) is 5.91 Å². The number of aryl methyl sites for hydroxylation is 1. The highest BCUT2D eigenvalue weighted by molar-refractivity contribution is 5.94. The van der Waals surface area contributed by atoms with Crippen molar-refractivity contribution >= 4 is 23.2 Å². The summed E-state index contributed by atoms with van der Waals surface area (Å²) in [6, 6.07) is 15.3. The molecular formula is C26H29N7O2. The van der Waals surface area contributed by atoms with Crippen LogP contribution in [-0.2, 0) is 6.54 Å².